The fourth-order valence-electron chi connectivity index (χ4n) is 2.98. The summed E-state index contributed by atoms with van der Waals surface area (Å²) < 4.78 is 7.10. The van der Waals surface area contributed by atoms with E-state index in [4.69, 9.17) is 4.74 Å². The Morgan fingerprint density at radius 2 is 2.17 bits per heavy atom. The molecule has 6 heteroatoms. The lowest BCUT2D eigenvalue weighted by molar-refractivity contribution is -0.122. The van der Waals surface area contributed by atoms with Gasteiger partial charge >= 0.3 is 4.87 Å². The number of carbonyl (C=O) groups excluding carboxylic acids is 1. The molecule has 0 aliphatic carbocycles. The third-order valence-electron chi connectivity index (χ3n) is 4.19. The normalized spacial score (nSPS) is 17.1. The minimum Gasteiger partial charge on any atom is -0.376 e. The molecule has 0 spiro atoms. The molecule has 128 valence electrons. The molecule has 1 aromatic heterocycles. The standard InChI is InChI=1S/C18H22N2O3S/c1-2-15-17(13-7-4-3-5-8-13)20(18(22)24-15)12-16(21)19-11-14-9-6-10-23-14/h3-5,7-8,14H,2,6,9-12H2,1H3,(H,19,21). The summed E-state index contributed by atoms with van der Waals surface area (Å²) in [5, 5.41) is 2.89. The molecule has 2 aromatic rings. The highest BCUT2D eigenvalue weighted by molar-refractivity contribution is 7.09. The van der Waals surface area contributed by atoms with Crippen LogP contribution in [0.25, 0.3) is 11.3 Å². The van der Waals surface area contributed by atoms with Crippen molar-refractivity contribution in [3.05, 3.63) is 44.9 Å². The van der Waals surface area contributed by atoms with Crippen molar-refractivity contribution in [2.24, 2.45) is 0 Å². The molecule has 0 bridgehead atoms. The van der Waals surface area contributed by atoms with E-state index < -0.39 is 0 Å². The maximum atomic E-state index is 12.4. The van der Waals surface area contributed by atoms with E-state index >= 15 is 0 Å². The number of benzene rings is 1. The molecule has 24 heavy (non-hydrogen) atoms. The van der Waals surface area contributed by atoms with Crippen molar-refractivity contribution < 1.29 is 9.53 Å². The average Bonchev–Trinajstić information content (AvgIpc) is 3.22. The number of aromatic nitrogens is 1. The van der Waals surface area contributed by atoms with Crippen LogP contribution in [0.3, 0.4) is 0 Å². The first kappa shape index (κ1) is 16.9. The van der Waals surface area contributed by atoms with Crippen LogP contribution in [0, 0.1) is 0 Å². The summed E-state index contributed by atoms with van der Waals surface area (Å²) in [5.41, 5.74) is 1.83. The summed E-state index contributed by atoms with van der Waals surface area (Å²) in [6.45, 7) is 3.35. The third kappa shape index (κ3) is 3.76. The molecule has 1 atom stereocenters. The predicted molar refractivity (Wildman–Crippen MR) is 95.4 cm³/mol. The molecular weight excluding hydrogens is 324 g/mol. The number of nitrogens with zero attached hydrogens (tertiary/aromatic N) is 1. The number of nitrogens with one attached hydrogen (secondary N) is 1. The van der Waals surface area contributed by atoms with E-state index in [0.29, 0.717) is 6.54 Å². The summed E-state index contributed by atoms with van der Waals surface area (Å²) in [6, 6.07) is 9.78. The number of amides is 1. The fraction of sp³-hybridized carbons (Fsp3) is 0.444. The largest absolute Gasteiger partial charge is 0.376 e. The molecule has 1 amide bonds. The Morgan fingerprint density at radius 3 is 2.83 bits per heavy atom. The minimum absolute atomic E-state index is 0.0479. The van der Waals surface area contributed by atoms with Gasteiger partial charge in [-0.1, -0.05) is 48.6 Å². The Bertz CT molecular complexity index is 745. The number of ether oxygens (including phenoxy) is 1. The summed E-state index contributed by atoms with van der Waals surface area (Å²) in [5.74, 6) is -0.148. The van der Waals surface area contributed by atoms with Crippen molar-refractivity contribution >= 4 is 17.2 Å². The Hall–Kier alpha value is -1.92. The van der Waals surface area contributed by atoms with Crippen LogP contribution in [0.5, 0.6) is 0 Å². The van der Waals surface area contributed by atoms with Gasteiger partial charge in [0.25, 0.3) is 0 Å². The molecular formula is C18H22N2O3S. The highest BCUT2D eigenvalue weighted by atomic mass is 32.1. The second-order valence-electron chi connectivity index (χ2n) is 5.88. The Balaban J connectivity index is 1.78. The zero-order valence-corrected chi connectivity index (χ0v) is 14.6. The minimum atomic E-state index is -0.148. The molecule has 1 fully saturated rings. The smallest absolute Gasteiger partial charge is 0.308 e. The van der Waals surface area contributed by atoms with Crippen LogP contribution in [0.15, 0.2) is 35.1 Å². The van der Waals surface area contributed by atoms with E-state index in [9.17, 15) is 9.59 Å². The van der Waals surface area contributed by atoms with E-state index in [-0.39, 0.29) is 23.4 Å². The lowest BCUT2D eigenvalue weighted by Crippen LogP contribution is -2.35. The summed E-state index contributed by atoms with van der Waals surface area (Å²) in [7, 11) is 0. The molecule has 3 rings (SSSR count). The maximum Gasteiger partial charge on any atom is 0.308 e. The van der Waals surface area contributed by atoms with Crippen molar-refractivity contribution in [3.63, 3.8) is 0 Å². The second kappa shape index (κ2) is 7.77. The number of hydrogen-bond donors (Lipinski definition) is 1. The van der Waals surface area contributed by atoms with Crippen LogP contribution in [-0.2, 0) is 22.5 Å². The lowest BCUT2D eigenvalue weighted by Gasteiger charge is -2.13. The van der Waals surface area contributed by atoms with E-state index in [1.54, 1.807) is 4.57 Å². The van der Waals surface area contributed by atoms with Gasteiger partial charge < -0.3 is 10.1 Å². The molecule has 5 nitrogen and oxygen atoms in total. The van der Waals surface area contributed by atoms with E-state index in [0.717, 1.165) is 42.0 Å². The lowest BCUT2D eigenvalue weighted by atomic mass is 10.1. The fourth-order valence-corrected chi connectivity index (χ4v) is 3.93. The van der Waals surface area contributed by atoms with Gasteiger partial charge in [0.15, 0.2) is 0 Å². The quantitative estimate of drug-likeness (QED) is 0.874. The van der Waals surface area contributed by atoms with Gasteiger partial charge in [-0.05, 0) is 24.8 Å². The van der Waals surface area contributed by atoms with Gasteiger partial charge in [-0.2, -0.15) is 0 Å². The number of hydrogen-bond acceptors (Lipinski definition) is 4. The van der Waals surface area contributed by atoms with Crippen LogP contribution in [-0.4, -0.2) is 29.7 Å². The van der Waals surface area contributed by atoms with E-state index in [1.165, 1.54) is 11.3 Å². The monoisotopic (exact) mass is 346 g/mol. The number of rotatable bonds is 6. The summed E-state index contributed by atoms with van der Waals surface area (Å²) in [6.07, 6.45) is 2.90. The summed E-state index contributed by atoms with van der Waals surface area (Å²) in [4.78, 5) is 25.6. The summed E-state index contributed by atoms with van der Waals surface area (Å²) >= 11 is 1.22. The van der Waals surface area contributed by atoms with Crippen LogP contribution in [0.4, 0.5) is 0 Å². The Morgan fingerprint density at radius 1 is 1.38 bits per heavy atom. The van der Waals surface area contributed by atoms with Gasteiger partial charge in [-0.3, -0.25) is 14.2 Å². The van der Waals surface area contributed by atoms with Gasteiger partial charge in [0.1, 0.15) is 6.54 Å². The van der Waals surface area contributed by atoms with Crippen molar-refractivity contribution in [3.8, 4) is 11.3 Å². The predicted octanol–water partition coefficient (Wildman–Crippen LogP) is 2.43. The molecule has 0 radical (unpaired) electrons. The van der Waals surface area contributed by atoms with Gasteiger partial charge in [0, 0.05) is 18.0 Å². The SMILES string of the molecule is CCc1sc(=O)n(CC(=O)NCC2CCCO2)c1-c1ccccc1. The Labute approximate surface area is 145 Å². The van der Waals surface area contributed by atoms with Gasteiger partial charge in [-0.15, -0.1) is 0 Å². The molecule has 1 aliphatic rings. The second-order valence-corrected chi connectivity index (χ2v) is 6.93. The van der Waals surface area contributed by atoms with Crippen LogP contribution in [0.1, 0.15) is 24.6 Å². The Kier molecular flexibility index (Phi) is 5.48. The average molecular weight is 346 g/mol. The molecule has 1 saturated heterocycles. The number of carbonyl (C=O) groups is 1. The zero-order chi connectivity index (χ0) is 16.9. The maximum absolute atomic E-state index is 12.4. The molecule has 0 saturated carbocycles. The topological polar surface area (TPSA) is 60.3 Å². The first-order valence-electron chi connectivity index (χ1n) is 8.35. The van der Waals surface area contributed by atoms with Crippen LogP contribution >= 0.6 is 11.3 Å². The molecule has 1 unspecified atom stereocenters. The number of aryl methyl sites for hydroxylation is 1. The zero-order valence-electron chi connectivity index (χ0n) is 13.8. The highest BCUT2D eigenvalue weighted by Gasteiger charge is 2.19. The molecule has 1 aliphatic heterocycles. The third-order valence-corrected chi connectivity index (χ3v) is 5.31. The first-order chi connectivity index (χ1) is 11.7. The highest BCUT2D eigenvalue weighted by Crippen LogP contribution is 2.26. The number of thiazole rings is 1. The van der Waals surface area contributed by atoms with Crippen molar-refractivity contribution in [2.75, 3.05) is 13.2 Å². The van der Waals surface area contributed by atoms with Crippen molar-refractivity contribution in [1.82, 2.24) is 9.88 Å². The van der Waals surface area contributed by atoms with Crippen LogP contribution < -0.4 is 10.2 Å². The molecule has 1 aromatic carbocycles. The van der Waals surface area contributed by atoms with Gasteiger partial charge in [0.2, 0.25) is 5.91 Å². The first-order valence-corrected chi connectivity index (χ1v) is 9.17. The van der Waals surface area contributed by atoms with Crippen LogP contribution in [0.2, 0.25) is 0 Å². The van der Waals surface area contributed by atoms with Gasteiger partial charge in [-0.25, -0.2) is 0 Å². The molecule has 2 heterocycles. The molecule has 1 N–H and O–H groups in total. The van der Waals surface area contributed by atoms with Gasteiger partial charge in [0.05, 0.1) is 11.8 Å². The van der Waals surface area contributed by atoms with E-state index in [1.807, 2.05) is 37.3 Å². The van der Waals surface area contributed by atoms with Crippen molar-refractivity contribution in [2.45, 2.75) is 38.8 Å². The van der Waals surface area contributed by atoms with Crippen molar-refractivity contribution in [1.29, 1.82) is 0 Å². The van der Waals surface area contributed by atoms with E-state index in [2.05, 4.69) is 5.32 Å².